The molecule has 0 aromatic rings. The van der Waals surface area contributed by atoms with Crippen molar-refractivity contribution in [2.75, 3.05) is 20.6 Å². The van der Waals surface area contributed by atoms with Gasteiger partial charge in [-0.2, -0.15) is 0 Å². The Kier molecular flexibility index (Phi) is 44.1. The van der Waals surface area contributed by atoms with E-state index in [2.05, 4.69) is 24.5 Å². The minimum absolute atomic E-state index is 0.163. The van der Waals surface area contributed by atoms with Crippen LogP contribution in [0, 0.1) is 0 Å². The fraction of sp³-hybridized carbons (Fsp3) is 0.895. The zero-order valence-electron chi connectivity index (χ0n) is 30.4. The van der Waals surface area contributed by atoms with Crippen molar-refractivity contribution < 1.29 is 19.2 Å². The molecule has 0 aromatic heterocycles. The van der Waals surface area contributed by atoms with Crippen molar-refractivity contribution in [2.24, 2.45) is 0 Å². The smallest absolute Gasteiger partial charge is 0.219 e. The highest BCUT2D eigenvalue weighted by Crippen LogP contribution is 2.12. The van der Waals surface area contributed by atoms with E-state index in [-0.39, 0.29) is 11.7 Å². The van der Waals surface area contributed by atoms with Gasteiger partial charge in [0.1, 0.15) is 17.3 Å². The van der Waals surface area contributed by atoms with Crippen LogP contribution in [-0.4, -0.2) is 43.9 Å². The Balaban J connectivity index is -0.000000596. The fourth-order valence-electron chi connectivity index (χ4n) is 4.80. The van der Waals surface area contributed by atoms with Crippen molar-refractivity contribution >= 4 is 23.3 Å². The second kappa shape index (κ2) is 41.4. The number of hydrogen-bond donors (Lipinski definition) is 2. The van der Waals surface area contributed by atoms with Crippen LogP contribution in [0.5, 0.6) is 0 Å². The molecule has 0 rings (SSSR count). The first kappa shape index (κ1) is 46.9. The van der Waals surface area contributed by atoms with E-state index in [4.69, 9.17) is 0 Å². The molecule has 0 saturated carbocycles. The number of nitrogens with one attached hydrogen (secondary N) is 2. The normalized spacial score (nSPS) is 10.3. The Hall–Kier alpha value is -1.56. The molecule has 1 amide bonds. The third kappa shape index (κ3) is 47.4. The summed E-state index contributed by atoms with van der Waals surface area (Å²) < 4.78 is 0. The van der Waals surface area contributed by atoms with Gasteiger partial charge in [-0.05, 0) is 59.0 Å². The van der Waals surface area contributed by atoms with Crippen molar-refractivity contribution in [2.45, 2.75) is 201 Å². The lowest BCUT2D eigenvalue weighted by Gasteiger charge is -2.02. The van der Waals surface area contributed by atoms with Crippen molar-refractivity contribution in [3.05, 3.63) is 0 Å². The predicted octanol–water partition coefficient (Wildman–Crippen LogP) is 10.2. The Morgan fingerprint density at radius 2 is 0.795 bits per heavy atom. The van der Waals surface area contributed by atoms with E-state index in [1.165, 1.54) is 103 Å². The van der Waals surface area contributed by atoms with Gasteiger partial charge in [-0.25, -0.2) is 0 Å². The Morgan fingerprint density at radius 3 is 1.23 bits per heavy atom. The quantitative estimate of drug-likeness (QED) is 0.0776. The lowest BCUT2D eigenvalue weighted by Crippen LogP contribution is -2.16. The number of carbonyl (C=O) groups excluding carboxylic acids is 4. The molecule has 6 heteroatoms. The largest absolute Gasteiger partial charge is 0.359 e. The topological polar surface area (TPSA) is 92.3 Å². The predicted molar refractivity (Wildman–Crippen MR) is 190 cm³/mol. The van der Waals surface area contributed by atoms with Gasteiger partial charge >= 0.3 is 0 Å². The molecule has 44 heavy (non-hydrogen) atoms. The number of Topliss-reactive ketones (excluding diaryl/α,β-unsaturated/α-hetero) is 3. The van der Waals surface area contributed by atoms with E-state index in [0.717, 1.165) is 57.9 Å². The van der Waals surface area contributed by atoms with Crippen molar-refractivity contribution in [1.29, 1.82) is 0 Å². The molecule has 0 saturated heterocycles. The first-order valence-electron chi connectivity index (χ1n) is 18.7. The number of ketones is 3. The fourth-order valence-corrected chi connectivity index (χ4v) is 4.80. The van der Waals surface area contributed by atoms with Crippen LogP contribution in [0.15, 0.2) is 0 Å². The van der Waals surface area contributed by atoms with Crippen LogP contribution in [-0.2, 0) is 19.2 Å². The van der Waals surface area contributed by atoms with Gasteiger partial charge in [-0.15, -0.1) is 0 Å². The molecule has 0 aromatic carbocycles. The number of carbonyl (C=O) groups is 4. The molecule has 0 heterocycles. The highest BCUT2D eigenvalue weighted by atomic mass is 16.1. The van der Waals surface area contributed by atoms with Gasteiger partial charge in [-0.3, -0.25) is 14.4 Å². The highest BCUT2D eigenvalue weighted by Gasteiger charge is 2.03. The number of rotatable bonds is 30. The third-order valence-corrected chi connectivity index (χ3v) is 7.86. The molecule has 0 radical (unpaired) electrons. The Morgan fingerprint density at radius 1 is 0.432 bits per heavy atom. The zero-order valence-corrected chi connectivity index (χ0v) is 30.4. The standard InChI is InChI=1S/C15H29NO2.C15H30O.C8H17NO/c1-14(17)10-7-8-12-15(18)11-6-4-3-5-9-13-16-2;1-3-5-6-7-8-9-10-11-12-13-14-15(16)4-2;1-3-4-5-6-7-8(10)9-2/h16H,3-13H2,1-2H3;3-14H2,1-2H3;3-7H2,1-2H3,(H,9,10). The molecule has 0 spiro atoms. The molecule has 0 fully saturated rings. The summed E-state index contributed by atoms with van der Waals surface area (Å²) in [4.78, 5) is 44.0. The second-order valence-corrected chi connectivity index (χ2v) is 12.4. The van der Waals surface area contributed by atoms with E-state index in [0.29, 0.717) is 30.8 Å². The Bertz CT molecular complexity index is 636. The van der Waals surface area contributed by atoms with E-state index in [1.54, 1.807) is 14.0 Å². The first-order valence-corrected chi connectivity index (χ1v) is 18.7. The van der Waals surface area contributed by atoms with Gasteiger partial charge in [0.2, 0.25) is 5.91 Å². The van der Waals surface area contributed by atoms with Crippen LogP contribution < -0.4 is 10.6 Å². The van der Waals surface area contributed by atoms with Crippen molar-refractivity contribution in [3.63, 3.8) is 0 Å². The van der Waals surface area contributed by atoms with Gasteiger partial charge in [0.25, 0.3) is 0 Å². The van der Waals surface area contributed by atoms with Gasteiger partial charge < -0.3 is 15.4 Å². The van der Waals surface area contributed by atoms with Crippen LogP contribution in [0.4, 0.5) is 0 Å². The first-order chi connectivity index (χ1) is 21.3. The minimum atomic E-state index is 0.163. The molecule has 0 aliphatic carbocycles. The number of amides is 1. The van der Waals surface area contributed by atoms with E-state index in [9.17, 15) is 19.2 Å². The monoisotopic (exact) mass is 625 g/mol. The van der Waals surface area contributed by atoms with E-state index < -0.39 is 0 Å². The number of hydrogen-bond acceptors (Lipinski definition) is 5. The summed E-state index contributed by atoms with van der Waals surface area (Å²) in [6.07, 6.45) is 30.0. The molecular formula is C38H76N2O4. The SMILES string of the molecule is CCCCCCC(=O)NC.CCCCCCCCCCCCC(=O)CC.CNCCCCCCCC(=O)CCCCC(C)=O. The van der Waals surface area contributed by atoms with Gasteiger partial charge in [0.15, 0.2) is 0 Å². The molecule has 6 nitrogen and oxygen atoms in total. The lowest BCUT2D eigenvalue weighted by atomic mass is 10.0. The maximum atomic E-state index is 11.5. The highest BCUT2D eigenvalue weighted by molar-refractivity contribution is 5.78. The van der Waals surface area contributed by atoms with Crippen LogP contribution in [0.1, 0.15) is 201 Å². The minimum Gasteiger partial charge on any atom is -0.359 e. The molecule has 262 valence electrons. The van der Waals surface area contributed by atoms with E-state index >= 15 is 0 Å². The van der Waals surface area contributed by atoms with Gasteiger partial charge in [0.05, 0.1) is 0 Å². The summed E-state index contributed by atoms with van der Waals surface area (Å²) in [5.41, 5.74) is 0. The second-order valence-electron chi connectivity index (χ2n) is 12.4. The van der Waals surface area contributed by atoms with Gasteiger partial charge in [0, 0.05) is 45.6 Å². The molecule has 0 atom stereocenters. The van der Waals surface area contributed by atoms with Crippen LogP contribution >= 0.6 is 0 Å². The molecule has 2 N–H and O–H groups in total. The van der Waals surface area contributed by atoms with Crippen LogP contribution in [0.25, 0.3) is 0 Å². The average Bonchev–Trinajstić information content (AvgIpc) is 3.02. The zero-order chi connectivity index (χ0) is 33.5. The van der Waals surface area contributed by atoms with Crippen molar-refractivity contribution in [1.82, 2.24) is 10.6 Å². The summed E-state index contributed by atoms with van der Waals surface area (Å²) in [7, 11) is 3.66. The Labute approximate surface area is 274 Å². The summed E-state index contributed by atoms with van der Waals surface area (Å²) >= 11 is 0. The summed E-state index contributed by atoms with van der Waals surface area (Å²) in [5, 5.41) is 5.74. The maximum Gasteiger partial charge on any atom is 0.219 e. The molecule has 0 aliphatic heterocycles. The van der Waals surface area contributed by atoms with Crippen LogP contribution in [0.3, 0.4) is 0 Å². The third-order valence-electron chi connectivity index (χ3n) is 7.86. The number of unbranched alkanes of at least 4 members (excludes halogenated alkanes) is 17. The molecule has 0 aliphatic rings. The maximum absolute atomic E-state index is 11.5. The molecular weight excluding hydrogens is 548 g/mol. The van der Waals surface area contributed by atoms with E-state index in [1.807, 2.05) is 14.0 Å². The van der Waals surface area contributed by atoms with Crippen LogP contribution in [0.2, 0.25) is 0 Å². The van der Waals surface area contributed by atoms with Crippen molar-refractivity contribution in [3.8, 4) is 0 Å². The molecule has 0 unspecified atom stereocenters. The molecule has 0 bridgehead atoms. The average molecular weight is 625 g/mol. The summed E-state index contributed by atoms with van der Waals surface area (Å²) in [6.45, 7) is 9.08. The lowest BCUT2D eigenvalue weighted by molar-refractivity contribution is -0.121. The summed E-state index contributed by atoms with van der Waals surface area (Å²) in [6, 6.07) is 0. The summed E-state index contributed by atoms with van der Waals surface area (Å²) in [5.74, 6) is 1.19. The van der Waals surface area contributed by atoms with Gasteiger partial charge in [-0.1, -0.05) is 117 Å².